The molecule has 0 bridgehead atoms. The van der Waals surface area contributed by atoms with E-state index in [1.54, 1.807) is 32.2 Å². The molecule has 24 heteroatoms. The number of thiazole rings is 1. The molecule has 0 radical (unpaired) electrons. The van der Waals surface area contributed by atoms with Crippen LogP contribution in [0.25, 0.3) is 10.2 Å². The number of carbonyl (C=O) groups is 7. The number of aliphatic carboxylic acids is 2. The summed E-state index contributed by atoms with van der Waals surface area (Å²) in [5, 5.41) is 30.0. The van der Waals surface area contributed by atoms with Crippen molar-refractivity contribution in [1.29, 1.82) is 0 Å². The van der Waals surface area contributed by atoms with Crippen molar-refractivity contribution in [1.82, 2.24) is 20.9 Å². The molecule has 340 valence electrons. The predicted octanol–water partition coefficient (Wildman–Crippen LogP) is 0.125. The van der Waals surface area contributed by atoms with E-state index in [1.807, 2.05) is 6.92 Å². The molecule has 0 saturated heterocycles. The second kappa shape index (κ2) is 26.7. The van der Waals surface area contributed by atoms with E-state index in [9.17, 15) is 43.8 Å². The first-order valence-electron chi connectivity index (χ1n) is 19.6. The normalized spacial score (nSPS) is 15.5. The number of hydrogen-bond acceptors (Lipinski definition) is 15. The van der Waals surface area contributed by atoms with Crippen LogP contribution in [0, 0.1) is 11.8 Å². The average molecular weight is 907 g/mol. The minimum Gasteiger partial charge on any atom is -0.481 e. The van der Waals surface area contributed by atoms with Gasteiger partial charge in [0, 0.05) is 37.7 Å². The number of anilines is 1. The number of ether oxygens (including phenoxy) is 3. The summed E-state index contributed by atoms with van der Waals surface area (Å²) in [5.41, 5.74) is 11.9. The average Bonchev–Trinajstić information content (AvgIpc) is 3.90. The van der Waals surface area contributed by atoms with E-state index < -0.39 is 78.5 Å². The van der Waals surface area contributed by atoms with Gasteiger partial charge in [-0.25, -0.2) is 14.8 Å². The van der Waals surface area contributed by atoms with Gasteiger partial charge in [-0.3, -0.25) is 38.8 Å². The fourth-order valence-electron chi connectivity index (χ4n) is 5.50. The number of benzene rings is 1. The van der Waals surface area contributed by atoms with Gasteiger partial charge < -0.3 is 57.2 Å². The molecule has 2 heterocycles. The molecule has 5 amide bonds. The number of nitrogens with one attached hydrogen (secondary N) is 4. The number of methoxy groups -OCH3 is 1. The van der Waals surface area contributed by atoms with E-state index in [0.717, 1.165) is 6.21 Å². The molecule has 1 aliphatic rings. The zero-order valence-electron chi connectivity index (χ0n) is 34.6. The lowest BCUT2D eigenvalue weighted by Gasteiger charge is -2.23. The Hall–Kier alpha value is -5.56. The number of fused-ring (bicyclic) bond motifs is 1. The molecular formula is C38H54N10O12S2. The molecule has 1 unspecified atom stereocenters. The highest BCUT2D eigenvalue weighted by molar-refractivity contribution is 8.15. The topological polar surface area (TPSA) is 338 Å². The summed E-state index contributed by atoms with van der Waals surface area (Å²) < 4.78 is 16.1. The van der Waals surface area contributed by atoms with Crippen molar-refractivity contribution in [3.8, 4) is 0 Å². The van der Waals surface area contributed by atoms with Crippen LogP contribution in [0.1, 0.15) is 51.0 Å². The van der Waals surface area contributed by atoms with Crippen molar-refractivity contribution in [3.63, 3.8) is 0 Å². The summed E-state index contributed by atoms with van der Waals surface area (Å²) >= 11 is 2.57. The van der Waals surface area contributed by atoms with Crippen molar-refractivity contribution in [2.45, 2.75) is 64.1 Å². The minimum absolute atomic E-state index is 0.0881. The van der Waals surface area contributed by atoms with Crippen molar-refractivity contribution in [2.75, 3.05) is 64.3 Å². The van der Waals surface area contributed by atoms with Gasteiger partial charge in [0.25, 0.3) is 5.91 Å². The van der Waals surface area contributed by atoms with Crippen molar-refractivity contribution in [3.05, 3.63) is 23.2 Å². The Morgan fingerprint density at radius 2 is 1.71 bits per heavy atom. The fraction of sp³-hybridized carbons (Fsp3) is 0.553. The Balaban J connectivity index is 1.65. The third-order valence-electron chi connectivity index (χ3n) is 9.04. The van der Waals surface area contributed by atoms with Gasteiger partial charge in [0.05, 0.1) is 49.1 Å². The summed E-state index contributed by atoms with van der Waals surface area (Å²) in [5.74, 6) is -7.00. The Bertz CT molecular complexity index is 1970. The largest absolute Gasteiger partial charge is 0.481 e. The molecule has 1 aromatic carbocycles. The lowest BCUT2D eigenvalue weighted by molar-refractivity contribution is -0.139. The number of thioether (sulfide) groups is 1. The molecule has 2 aromatic rings. The lowest BCUT2D eigenvalue weighted by atomic mass is 9.91. The lowest BCUT2D eigenvalue weighted by Crippen LogP contribution is -2.52. The molecule has 22 nitrogen and oxygen atoms in total. The molecule has 0 fully saturated rings. The first-order valence-corrected chi connectivity index (χ1v) is 21.4. The summed E-state index contributed by atoms with van der Waals surface area (Å²) in [6.07, 6.45) is 1.21. The third-order valence-corrected chi connectivity index (χ3v) is 11.3. The van der Waals surface area contributed by atoms with Gasteiger partial charge in [0.15, 0.2) is 12.0 Å². The Morgan fingerprint density at radius 3 is 2.39 bits per heavy atom. The highest BCUT2D eigenvalue weighted by atomic mass is 32.2. The van der Waals surface area contributed by atoms with Gasteiger partial charge in [-0.2, -0.15) is 0 Å². The van der Waals surface area contributed by atoms with Gasteiger partial charge in [0.1, 0.15) is 28.7 Å². The number of carbonyl (C=O) groups excluding carboxylic acids is 5. The third kappa shape index (κ3) is 17.8. The maximum atomic E-state index is 13.6. The summed E-state index contributed by atoms with van der Waals surface area (Å²) in [6, 6.07) is 1.61. The van der Waals surface area contributed by atoms with Crippen LogP contribution < -0.4 is 32.7 Å². The van der Waals surface area contributed by atoms with E-state index in [4.69, 9.17) is 25.7 Å². The van der Waals surface area contributed by atoms with Gasteiger partial charge in [-0.15, -0.1) is 23.1 Å². The number of carboxylic acid groups (broad SMARTS) is 2. The monoisotopic (exact) mass is 906 g/mol. The van der Waals surface area contributed by atoms with E-state index in [-0.39, 0.29) is 57.5 Å². The molecule has 1 aromatic heterocycles. The van der Waals surface area contributed by atoms with Crippen LogP contribution in [0.2, 0.25) is 0 Å². The van der Waals surface area contributed by atoms with Crippen molar-refractivity contribution >= 4 is 97.7 Å². The summed E-state index contributed by atoms with van der Waals surface area (Å²) in [6.45, 7) is 3.87. The highest BCUT2D eigenvalue weighted by Crippen LogP contribution is 2.31. The number of aliphatic imine (C=N–C) groups is 3. The van der Waals surface area contributed by atoms with E-state index in [1.165, 1.54) is 23.1 Å². The van der Waals surface area contributed by atoms with Gasteiger partial charge in [-0.1, -0.05) is 20.3 Å². The molecule has 1 aliphatic heterocycles. The zero-order chi connectivity index (χ0) is 45.6. The summed E-state index contributed by atoms with van der Waals surface area (Å²) in [7, 11) is 1.54. The molecule has 5 atom stereocenters. The van der Waals surface area contributed by atoms with Crippen LogP contribution >= 0.6 is 23.1 Å². The molecule has 0 spiro atoms. The van der Waals surface area contributed by atoms with Crippen LogP contribution in [0.15, 0.2) is 33.2 Å². The Labute approximate surface area is 365 Å². The maximum Gasteiger partial charge on any atom is 0.329 e. The maximum absolute atomic E-state index is 13.6. The second-order valence-corrected chi connectivity index (χ2v) is 15.9. The van der Waals surface area contributed by atoms with Crippen molar-refractivity contribution < 1.29 is 58.0 Å². The fourth-order valence-corrected chi connectivity index (χ4v) is 7.60. The number of hydrogen-bond donors (Lipinski definition) is 8. The minimum atomic E-state index is -1.39. The number of amides is 5. The number of nitrogens with two attached hydrogens (primary N) is 2. The van der Waals surface area contributed by atoms with E-state index in [2.05, 4.69) is 41.2 Å². The van der Waals surface area contributed by atoms with Gasteiger partial charge in [-0.05, 0) is 43.4 Å². The molecule has 62 heavy (non-hydrogen) atoms. The van der Waals surface area contributed by atoms with Crippen LogP contribution in [-0.2, 0) is 47.8 Å². The smallest absolute Gasteiger partial charge is 0.329 e. The van der Waals surface area contributed by atoms with E-state index >= 15 is 0 Å². The van der Waals surface area contributed by atoms with Gasteiger partial charge >= 0.3 is 11.9 Å². The number of nitrogens with zero attached hydrogens (tertiary/aromatic N) is 4. The standard InChI is InChI=1S/C38H54N10O12S2/c1-4-21(2)23(17-42-30(50)19-60-15-14-59-13-12-58-3)32(53)46-26(9-10-31(51)52)33(54)43-18-29(49)45-25(6-5-11-41-38(39)40)34(55)44-22-7-8-24-28(16-22)62-36(47-24)35-48-27(20-61-35)37(56)57/h7-8,16-17,21,23,25-27H,4-6,9-15,18-20H2,1-3H3,(H,43,54)(H,44,55)(H,45,49)(H,46,53)(H,51,52)(H,56,57)(H4,39,40,41)/t21-,23?,25-,26-,27+/m0/s1. The molecular weight excluding hydrogens is 853 g/mol. The zero-order valence-corrected chi connectivity index (χ0v) is 36.3. The van der Waals surface area contributed by atoms with Gasteiger partial charge in [0.2, 0.25) is 23.6 Å². The quantitative estimate of drug-likeness (QED) is 0.0319. The predicted molar refractivity (Wildman–Crippen MR) is 232 cm³/mol. The number of rotatable bonds is 28. The van der Waals surface area contributed by atoms with Crippen LogP contribution in [0.4, 0.5) is 5.69 Å². The molecule has 10 N–H and O–H groups in total. The number of carboxylic acids is 2. The summed E-state index contributed by atoms with van der Waals surface area (Å²) in [4.78, 5) is 105. The first-order chi connectivity index (χ1) is 29.6. The second-order valence-electron chi connectivity index (χ2n) is 13.8. The van der Waals surface area contributed by atoms with E-state index in [0.29, 0.717) is 51.3 Å². The Kier molecular flexibility index (Phi) is 21.9. The van der Waals surface area contributed by atoms with Crippen LogP contribution in [-0.4, -0.2) is 151 Å². The first kappa shape index (κ1) is 50.8. The molecule has 0 aliphatic carbocycles. The molecule has 3 rings (SSSR count). The SMILES string of the molecule is CC[C@H](C)C(C=NC(=O)COCCOCCOC)C(=O)N[C@@H](CCC(=O)O)C(=O)NCC(=O)N[C@@H](CCCN=C(N)N)C(=O)Nc1ccc2nc(C3=N[C@@H](C(=O)O)CS3)sc2c1. The van der Waals surface area contributed by atoms with Crippen molar-refractivity contribution in [2.24, 2.45) is 38.3 Å². The Morgan fingerprint density at radius 1 is 0.984 bits per heavy atom. The highest BCUT2D eigenvalue weighted by Gasteiger charge is 2.30. The molecule has 0 saturated carbocycles. The van der Waals surface area contributed by atoms with Crippen LogP contribution in [0.5, 0.6) is 0 Å². The number of aromatic nitrogens is 1. The van der Waals surface area contributed by atoms with Crippen LogP contribution in [0.3, 0.4) is 0 Å². The number of guanidine groups is 1.